The molecule has 0 radical (unpaired) electrons. The Morgan fingerprint density at radius 1 is 1.43 bits per heavy atom. The topological polar surface area (TPSA) is 0 Å². The van der Waals surface area contributed by atoms with Crippen molar-refractivity contribution in [2.45, 2.75) is 19.2 Å². The Bertz CT molecular complexity index is 462. The maximum atomic E-state index is 13.6. The molecule has 0 saturated heterocycles. The third-order valence-corrected chi connectivity index (χ3v) is 3.82. The third kappa shape index (κ3) is 1.53. The van der Waals surface area contributed by atoms with Crippen molar-refractivity contribution < 1.29 is 4.39 Å². The summed E-state index contributed by atoms with van der Waals surface area (Å²) < 4.78 is 14.6. The van der Waals surface area contributed by atoms with Gasteiger partial charge in [0.15, 0.2) is 0 Å². The van der Waals surface area contributed by atoms with Gasteiger partial charge >= 0.3 is 0 Å². The molecular weight excluding hydrogens is 219 g/mol. The maximum Gasteiger partial charge on any atom is 0.144 e. The Labute approximate surface area is 91.3 Å². The fraction of sp³-hybridized carbons (Fsp3) is 0.273. The summed E-state index contributed by atoms with van der Waals surface area (Å²) in [4.78, 5) is 0.826. The molecule has 0 fully saturated rings. The molecule has 0 N–H and O–H groups in total. The van der Waals surface area contributed by atoms with Crippen molar-refractivity contribution in [2.24, 2.45) is 0 Å². The molecule has 0 saturated carbocycles. The molecule has 0 bridgehead atoms. The summed E-state index contributed by atoms with van der Waals surface area (Å²) in [7, 11) is 0. The van der Waals surface area contributed by atoms with E-state index < -0.39 is 0 Å². The molecule has 0 atom stereocenters. The first-order valence-electron chi connectivity index (χ1n) is 4.52. The van der Waals surface area contributed by atoms with Crippen molar-refractivity contribution >= 4 is 33.0 Å². The number of alkyl halides is 1. The van der Waals surface area contributed by atoms with Gasteiger partial charge in [-0.1, -0.05) is 19.1 Å². The number of hydrogen-bond donors (Lipinski definition) is 0. The third-order valence-electron chi connectivity index (χ3n) is 2.24. The Morgan fingerprint density at radius 2 is 2.21 bits per heavy atom. The summed E-state index contributed by atoms with van der Waals surface area (Å²) in [5, 5.41) is 0.723. The molecule has 0 spiro atoms. The summed E-state index contributed by atoms with van der Waals surface area (Å²) in [5.41, 5.74) is 1.04. The van der Waals surface area contributed by atoms with Gasteiger partial charge < -0.3 is 0 Å². The molecule has 0 amide bonds. The van der Waals surface area contributed by atoms with Gasteiger partial charge in [0.1, 0.15) is 5.82 Å². The molecule has 0 unspecified atom stereocenters. The molecule has 14 heavy (non-hydrogen) atoms. The van der Waals surface area contributed by atoms with Crippen molar-refractivity contribution in [2.75, 3.05) is 0 Å². The second kappa shape index (κ2) is 3.87. The van der Waals surface area contributed by atoms with Crippen molar-refractivity contribution in [3.8, 4) is 0 Å². The van der Waals surface area contributed by atoms with E-state index in [0.717, 1.165) is 26.9 Å². The molecule has 0 aliphatic heterocycles. The van der Waals surface area contributed by atoms with E-state index in [0.29, 0.717) is 5.88 Å². The molecule has 2 rings (SSSR count). The van der Waals surface area contributed by atoms with E-state index in [4.69, 9.17) is 11.6 Å². The monoisotopic (exact) mass is 228 g/mol. The molecule has 74 valence electrons. The highest BCUT2D eigenvalue weighted by Gasteiger charge is 2.10. The highest BCUT2D eigenvalue weighted by molar-refractivity contribution is 7.19. The van der Waals surface area contributed by atoms with Gasteiger partial charge in [0.25, 0.3) is 0 Å². The lowest BCUT2D eigenvalue weighted by Crippen LogP contribution is -1.78. The van der Waals surface area contributed by atoms with Gasteiger partial charge in [0.05, 0.1) is 0 Å². The lowest BCUT2D eigenvalue weighted by Gasteiger charge is -1.94. The van der Waals surface area contributed by atoms with E-state index in [1.807, 2.05) is 25.1 Å². The largest absolute Gasteiger partial charge is 0.205 e. The molecule has 0 aliphatic rings. The van der Waals surface area contributed by atoms with E-state index in [1.54, 1.807) is 0 Å². The van der Waals surface area contributed by atoms with Crippen LogP contribution < -0.4 is 0 Å². The number of fused-ring (bicyclic) bond motifs is 1. The molecule has 1 heterocycles. The van der Waals surface area contributed by atoms with Gasteiger partial charge in [-0.2, -0.15) is 0 Å². The number of thiophene rings is 1. The number of aryl methyl sites for hydroxylation is 1. The Hall–Kier alpha value is -0.600. The summed E-state index contributed by atoms with van der Waals surface area (Å²) in [6.07, 6.45) is 0.751. The molecule has 0 aliphatic carbocycles. The van der Waals surface area contributed by atoms with E-state index >= 15 is 0 Å². The van der Waals surface area contributed by atoms with Gasteiger partial charge in [-0.15, -0.1) is 22.9 Å². The van der Waals surface area contributed by atoms with E-state index in [2.05, 4.69) is 0 Å². The van der Waals surface area contributed by atoms with Gasteiger partial charge in [0, 0.05) is 20.8 Å². The predicted molar refractivity (Wildman–Crippen MR) is 60.7 cm³/mol. The van der Waals surface area contributed by atoms with Crippen molar-refractivity contribution in [3.05, 3.63) is 34.5 Å². The van der Waals surface area contributed by atoms with Gasteiger partial charge in [-0.05, 0) is 18.1 Å². The lowest BCUT2D eigenvalue weighted by molar-refractivity contribution is 0.631. The SMILES string of the molecule is CCc1sc2cc(CCl)ccc2c1F. The second-order valence-electron chi connectivity index (χ2n) is 3.16. The summed E-state index contributed by atoms with van der Waals surface area (Å²) in [5.74, 6) is 0.422. The van der Waals surface area contributed by atoms with Crippen LogP contribution in [-0.2, 0) is 12.3 Å². The molecule has 2 aromatic rings. The molecular formula is C11H10ClFS. The number of rotatable bonds is 2. The highest BCUT2D eigenvalue weighted by Crippen LogP contribution is 2.31. The van der Waals surface area contributed by atoms with Gasteiger partial charge in [-0.25, -0.2) is 4.39 Å². The van der Waals surface area contributed by atoms with E-state index in [1.165, 1.54) is 11.3 Å². The first-order valence-corrected chi connectivity index (χ1v) is 5.87. The zero-order valence-corrected chi connectivity index (χ0v) is 9.38. The first kappa shape index (κ1) is 9.94. The molecule has 3 heteroatoms. The summed E-state index contributed by atoms with van der Waals surface area (Å²) in [6, 6.07) is 5.66. The van der Waals surface area contributed by atoms with E-state index in [-0.39, 0.29) is 5.82 Å². The molecule has 0 nitrogen and oxygen atoms in total. The van der Waals surface area contributed by atoms with E-state index in [9.17, 15) is 4.39 Å². The number of hydrogen-bond acceptors (Lipinski definition) is 1. The molecule has 1 aromatic carbocycles. The highest BCUT2D eigenvalue weighted by atomic mass is 35.5. The van der Waals surface area contributed by atoms with Crippen LogP contribution in [0.3, 0.4) is 0 Å². The van der Waals surface area contributed by atoms with Crippen molar-refractivity contribution in [3.63, 3.8) is 0 Å². The second-order valence-corrected chi connectivity index (χ2v) is 4.56. The minimum absolute atomic E-state index is 0.0615. The zero-order valence-electron chi connectivity index (χ0n) is 7.81. The zero-order chi connectivity index (χ0) is 10.1. The van der Waals surface area contributed by atoms with Crippen LogP contribution in [-0.4, -0.2) is 0 Å². The standard InChI is InChI=1S/C11H10ClFS/c1-2-9-11(13)8-4-3-7(6-12)5-10(8)14-9/h3-5H,2,6H2,1H3. The number of benzene rings is 1. The fourth-order valence-corrected chi connectivity index (χ4v) is 2.72. The summed E-state index contributed by atoms with van der Waals surface area (Å²) >= 11 is 7.24. The Morgan fingerprint density at radius 3 is 2.86 bits per heavy atom. The van der Waals surface area contributed by atoms with Crippen molar-refractivity contribution in [1.29, 1.82) is 0 Å². The lowest BCUT2D eigenvalue weighted by atomic mass is 10.2. The van der Waals surface area contributed by atoms with Crippen molar-refractivity contribution in [1.82, 2.24) is 0 Å². The minimum Gasteiger partial charge on any atom is -0.205 e. The fourth-order valence-electron chi connectivity index (χ4n) is 1.47. The summed E-state index contributed by atoms with van der Waals surface area (Å²) in [6.45, 7) is 1.97. The predicted octanol–water partition coefficient (Wildman–Crippen LogP) is 4.34. The van der Waals surface area contributed by atoms with Crippen LogP contribution in [0.5, 0.6) is 0 Å². The van der Waals surface area contributed by atoms with Gasteiger partial charge in [0.2, 0.25) is 0 Å². The van der Waals surface area contributed by atoms with Gasteiger partial charge in [-0.3, -0.25) is 0 Å². The molecule has 1 aromatic heterocycles. The normalized spacial score (nSPS) is 11.1. The van der Waals surface area contributed by atoms with Crippen LogP contribution in [0.15, 0.2) is 18.2 Å². The quantitative estimate of drug-likeness (QED) is 0.671. The van der Waals surface area contributed by atoms with Crippen LogP contribution in [0.25, 0.3) is 10.1 Å². The van der Waals surface area contributed by atoms with Crippen LogP contribution in [0, 0.1) is 5.82 Å². The first-order chi connectivity index (χ1) is 6.76. The average molecular weight is 229 g/mol. The van der Waals surface area contributed by atoms with Crippen LogP contribution in [0.4, 0.5) is 4.39 Å². The van der Waals surface area contributed by atoms with Crippen LogP contribution >= 0.6 is 22.9 Å². The number of halogens is 2. The maximum absolute atomic E-state index is 13.6. The van der Waals surface area contributed by atoms with Crippen LogP contribution in [0.2, 0.25) is 0 Å². The smallest absolute Gasteiger partial charge is 0.144 e. The van der Waals surface area contributed by atoms with Crippen LogP contribution in [0.1, 0.15) is 17.4 Å². The Balaban J connectivity index is 2.66. The average Bonchev–Trinajstić information content (AvgIpc) is 2.55. The Kier molecular flexibility index (Phi) is 2.75. The minimum atomic E-state index is -0.0615.